The first-order chi connectivity index (χ1) is 12.9. The molecule has 1 saturated heterocycles. The monoisotopic (exact) mass is 382 g/mol. The minimum atomic E-state index is -0.437. The van der Waals surface area contributed by atoms with Gasteiger partial charge in [0.2, 0.25) is 0 Å². The van der Waals surface area contributed by atoms with Crippen molar-refractivity contribution in [3.63, 3.8) is 0 Å². The number of hydrogen-bond donors (Lipinski definition) is 0. The quantitative estimate of drug-likeness (QED) is 0.350. The summed E-state index contributed by atoms with van der Waals surface area (Å²) in [6, 6.07) is 14.5. The van der Waals surface area contributed by atoms with Gasteiger partial charge in [-0.2, -0.15) is 0 Å². The Hall–Kier alpha value is -3.19. The molecule has 0 N–H and O–H groups in total. The van der Waals surface area contributed by atoms with Crippen LogP contribution in [0, 0.1) is 0 Å². The zero-order chi connectivity index (χ0) is 19.6. The van der Waals surface area contributed by atoms with E-state index in [0.29, 0.717) is 27.9 Å². The van der Waals surface area contributed by atoms with Gasteiger partial charge in [0.15, 0.2) is 16.6 Å². The number of likely N-dealkylation sites (N-methyl/N-ethyl adjacent to an activating group) is 1. The van der Waals surface area contributed by atoms with Gasteiger partial charge in [-0.1, -0.05) is 24.3 Å². The summed E-state index contributed by atoms with van der Waals surface area (Å²) in [4.78, 5) is 27.1. The first kappa shape index (κ1) is 18.6. The van der Waals surface area contributed by atoms with Gasteiger partial charge in [0.1, 0.15) is 5.70 Å². The van der Waals surface area contributed by atoms with Crippen molar-refractivity contribution in [1.82, 2.24) is 4.90 Å². The minimum absolute atomic E-state index is 0.202. The minimum Gasteiger partial charge on any atom is -0.493 e. The molecule has 2 aromatic rings. The molecule has 0 aliphatic carbocycles. The SMILES string of the molecule is COc1cc(/C=C2\C(=O)N(C)C(=S)N2c2ccccc2)ccc1OC(C)=O. The van der Waals surface area contributed by atoms with Crippen molar-refractivity contribution in [3.8, 4) is 11.5 Å². The molecule has 1 fully saturated rings. The van der Waals surface area contributed by atoms with E-state index in [9.17, 15) is 9.59 Å². The van der Waals surface area contributed by atoms with Crippen molar-refractivity contribution in [3.05, 3.63) is 59.8 Å². The molecule has 0 radical (unpaired) electrons. The van der Waals surface area contributed by atoms with Crippen LogP contribution in [0.4, 0.5) is 5.69 Å². The van der Waals surface area contributed by atoms with Gasteiger partial charge in [0, 0.05) is 19.7 Å². The Labute approximate surface area is 162 Å². The maximum Gasteiger partial charge on any atom is 0.308 e. The fourth-order valence-electron chi connectivity index (χ4n) is 2.73. The zero-order valence-electron chi connectivity index (χ0n) is 15.1. The van der Waals surface area contributed by atoms with Crippen LogP contribution in [0.5, 0.6) is 11.5 Å². The van der Waals surface area contributed by atoms with E-state index in [1.54, 1.807) is 36.2 Å². The first-order valence-electron chi connectivity index (χ1n) is 8.17. The van der Waals surface area contributed by atoms with E-state index < -0.39 is 5.97 Å². The number of carbonyl (C=O) groups excluding carboxylic acids is 2. The van der Waals surface area contributed by atoms with E-state index in [-0.39, 0.29) is 5.91 Å². The van der Waals surface area contributed by atoms with E-state index >= 15 is 0 Å². The zero-order valence-corrected chi connectivity index (χ0v) is 15.9. The smallest absolute Gasteiger partial charge is 0.308 e. The molecule has 0 aromatic heterocycles. The number of carbonyl (C=O) groups is 2. The lowest BCUT2D eigenvalue weighted by Crippen LogP contribution is -2.29. The van der Waals surface area contributed by atoms with Crippen molar-refractivity contribution >= 4 is 41.0 Å². The molecule has 1 aliphatic heterocycles. The molecule has 27 heavy (non-hydrogen) atoms. The summed E-state index contributed by atoms with van der Waals surface area (Å²) < 4.78 is 10.4. The number of nitrogens with zero attached hydrogens (tertiary/aromatic N) is 2. The molecule has 1 aliphatic rings. The first-order valence-corrected chi connectivity index (χ1v) is 8.58. The molecule has 0 saturated carbocycles. The van der Waals surface area contributed by atoms with Gasteiger partial charge in [-0.15, -0.1) is 0 Å². The van der Waals surface area contributed by atoms with Crippen molar-refractivity contribution in [2.75, 3.05) is 19.1 Å². The number of methoxy groups -OCH3 is 1. The Morgan fingerprint density at radius 2 is 1.81 bits per heavy atom. The van der Waals surface area contributed by atoms with Gasteiger partial charge < -0.3 is 9.47 Å². The van der Waals surface area contributed by atoms with Crippen LogP contribution in [0.3, 0.4) is 0 Å². The Bertz CT molecular complexity index is 940. The maximum atomic E-state index is 12.7. The van der Waals surface area contributed by atoms with E-state index in [1.165, 1.54) is 18.9 Å². The van der Waals surface area contributed by atoms with Gasteiger partial charge in [-0.05, 0) is 48.1 Å². The Morgan fingerprint density at radius 1 is 1.11 bits per heavy atom. The summed E-state index contributed by atoms with van der Waals surface area (Å²) in [5, 5.41) is 0.404. The predicted octanol–water partition coefficient (Wildman–Crippen LogP) is 3.22. The third-order valence-corrected chi connectivity index (χ3v) is 4.46. The summed E-state index contributed by atoms with van der Waals surface area (Å²) in [5.74, 6) is 0.0733. The standard InChI is InChI=1S/C20H18N2O4S/c1-13(23)26-17-10-9-14(12-18(17)25-3)11-16-19(24)21(2)20(27)22(16)15-7-5-4-6-8-15/h4-12H,1-3H3/b16-11+. The second-order valence-electron chi connectivity index (χ2n) is 5.85. The largest absolute Gasteiger partial charge is 0.493 e. The van der Waals surface area contributed by atoms with E-state index in [2.05, 4.69) is 0 Å². The van der Waals surface area contributed by atoms with Crippen molar-refractivity contribution in [1.29, 1.82) is 0 Å². The van der Waals surface area contributed by atoms with Crippen LogP contribution in [-0.2, 0) is 9.59 Å². The molecule has 138 valence electrons. The lowest BCUT2D eigenvalue weighted by molar-refractivity contribution is -0.132. The summed E-state index contributed by atoms with van der Waals surface area (Å²) in [6.07, 6.45) is 1.73. The van der Waals surface area contributed by atoms with Gasteiger partial charge in [-0.25, -0.2) is 0 Å². The molecule has 3 rings (SSSR count). The molecule has 0 spiro atoms. The molecule has 0 bridgehead atoms. The van der Waals surface area contributed by atoms with Gasteiger partial charge >= 0.3 is 5.97 Å². The van der Waals surface area contributed by atoms with Crippen molar-refractivity contribution in [2.45, 2.75) is 6.92 Å². The third kappa shape index (κ3) is 3.68. The number of rotatable bonds is 4. The van der Waals surface area contributed by atoms with Crippen molar-refractivity contribution in [2.24, 2.45) is 0 Å². The van der Waals surface area contributed by atoms with Crippen LogP contribution in [-0.4, -0.2) is 36.0 Å². The normalized spacial score (nSPS) is 15.4. The van der Waals surface area contributed by atoms with E-state index in [4.69, 9.17) is 21.7 Å². The molecule has 1 heterocycles. The number of thiocarbonyl (C=S) groups is 1. The maximum absolute atomic E-state index is 12.7. The van der Waals surface area contributed by atoms with Gasteiger partial charge in [-0.3, -0.25) is 19.4 Å². The summed E-state index contributed by atoms with van der Waals surface area (Å²) in [5.41, 5.74) is 1.94. The number of amides is 1. The molecular weight excluding hydrogens is 364 g/mol. The number of para-hydroxylation sites is 1. The average Bonchev–Trinajstić information content (AvgIpc) is 2.87. The summed E-state index contributed by atoms with van der Waals surface area (Å²) in [7, 11) is 3.13. The van der Waals surface area contributed by atoms with Crippen LogP contribution >= 0.6 is 12.2 Å². The molecular formula is C20H18N2O4S. The fourth-order valence-corrected chi connectivity index (χ4v) is 3.02. The van der Waals surface area contributed by atoms with Crippen LogP contribution < -0.4 is 14.4 Å². The summed E-state index contributed by atoms with van der Waals surface area (Å²) in [6.45, 7) is 1.32. The number of hydrogen-bond acceptors (Lipinski definition) is 5. The van der Waals surface area contributed by atoms with Crippen LogP contribution in [0.1, 0.15) is 12.5 Å². The third-order valence-electron chi connectivity index (χ3n) is 4.00. The molecule has 7 heteroatoms. The van der Waals surface area contributed by atoms with E-state index in [0.717, 1.165) is 5.69 Å². The van der Waals surface area contributed by atoms with Crippen molar-refractivity contribution < 1.29 is 19.1 Å². The molecule has 0 unspecified atom stereocenters. The van der Waals surface area contributed by atoms with Gasteiger partial charge in [0.25, 0.3) is 5.91 Å². The van der Waals surface area contributed by atoms with Crippen LogP contribution in [0.15, 0.2) is 54.2 Å². The highest BCUT2D eigenvalue weighted by molar-refractivity contribution is 7.80. The Morgan fingerprint density at radius 3 is 2.44 bits per heavy atom. The Balaban J connectivity index is 2.04. The number of esters is 1. The second-order valence-corrected chi connectivity index (χ2v) is 6.22. The number of benzene rings is 2. The molecule has 2 aromatic carbocycles. The second kappa shape index (κ2) is 7.59. The predicted molar refractivity (Wildman–Crippen MR) is 107 cm³/mol. The highest BCUT2D eigenvalue weighted by atomic mass is 32.1. The van der Waals surface area contributed by atoms with E-state index in [1.807, 2.05) is 30.3 Å². The number of ether oxygens (including phenoxy) is 2. The molecule has 0 atom stereocenters. The number of anilines is 1. The highest BCUT2D eigenvalue weighted by Crippen LogP contribution is 2.32. The van der Waals surface area contributed by atoms with Crippen LogP contribution in [0.2, 0.25) is 0 Å². The lowest BCUT2D eigenvalue weighted by Gasteiger charge is -2.18. The highest BCUT2D eigenvalue weighted by Gasteiger charge is 2.36. The molecule has 6 nitrogen and oxygen atoms in total. The average molecular weight is 382 g/mol. The molecule has 1 amide bonds. The van der Waals surface area contributed by atoms with Gasteiger partial charge in [0.05, 0.1) is 7.11 Å². The lowest BCUT2D eigenvalue weighted by atomic mass is 10.1. The topological polar surface area (TPSA) is 59.1 Å². The fraction of sp³-hybridized carbons (Fsp3) is 0.150. The van der Waals surface area contributed by atoms with Crippen LogP contribution in [0.25, 0.3) is 6.08 Å². The Kier molecular flexibility index (Phi) is 5.23. The summed E-state index contributed by atoms with van der Waals surface area (Å²) >= 11 is 5.44.